The Labute approximate surface area is 317 Å². The van der Waals surface area contributed by atoms with Gasteiger partial charge in [-0.25, -0.2) is 0 Å². The first kappa shape index (κ1) is 37.5. The predicted molar refractivity (Wildman–Crippen MR) is 216 cm³/mol. The van der Waals surface area contributed by atoms with Crippen molar-refractivity contribution in [2.75, 3.05) is 0 Å². The smallest absolute Gasteiger partial charge is 0.0798 e. The van der Waals surface area contributed by atoms with E-state index in [1.165, 1.54) is 47.6 Å². The maximum atomic E-state index is 4.71. The fourth-order valence-electron chi connectivity index (χ4n) is 6.37. The number of aromatic nitrogens is 2. The molecule has 1 radical (unpaired) electrons. The predicted octanol–water partition coefficient (Wildman–Crippen LogP) is 12.4. The van der Waals surface area contributed by atoms with Gasteiger partial charge in [0.1, 0.15) is 0 Å². The van der Waals surface area contributed by atoms with Gasteiger partial charge in [0.2, 0.25) is 0 Å². The van der Waals surface area contributed by atoms with Crippen molar-refractivity contribution in [3.05, 3.63) is 139 Å². The first-order valence-electron chi connectivity index (χ1n) is 17.2. The second-order valence-electron chi connectivity index (χ2n) is 15.4. The van der Waals surface area contributed by atoms with Gasteiger partial charge in [0, 0.05) is 37.2 Å². The van der Waals surface area contributed by atoms with Crippen LogP contribution in [0.5, 0.6) is 0 Å². The summed E-state index contributed by atoms with van der Waals surface area (Å²) in [6, 6.07) is 42.9. The van der Waals surface area contributed by atoms with Crippen molar-refractivity contribution in [1.82, 2.24) is 9.97 Å². The van der Waals surface area contributed by atoms with E-state index >= 15 is 0 Å². The van der Waals surface area contributed by atoms with Gasteiger partial charge in [-0.3, -0.25) is 0 Å². The summed E-state index contributed by atoms with van der Waals surface area (Å²) in [6.07, 6.45) is 5.12. The van der Waals surface area contributed by atoms with Gasteiger partial charge in [-0.15, -0.1) is 59.7 Å². The molecule has 0 aliphatic rings. The van der Waals surface area contributed by atoms with Crippen LogP contribution < -0.4 is 5.19 Å². The van der Waals surface area contributed by atoms with Crippen LogP contribution in [0.2, 0.25) is 19.6 Å². The average Bonchev–Trinajstić information content (AvgIpc) is 3.47. The topological polar surface area (TPSA) is 25.8 Å². The van der Waals surface area contributed by atoms with Crippen LogP contribution in [0.4, 0.5) is 0 Å². The Kier molecular flexibility index (Phi) is 11.7. The standard InChI is InChI=1S/C26H20NS.C19H26NSi.Ir/c1-17(2)19-14-15-27-23(16-19)21-11-6-12-22-25-20(18-8-4-3-5-9-18)10-7-13-24(25)28-26(21)22;1-19(2,3)13-16-12-17(15-10-8-7-9-11-15)20-14-18(16)21(4,5)6;/h3-10,12-17H,1-2H3;7-10,12,14H,13H2,1-6H3;/q2*-1;. The van der Waals surface area contributed by atoms with Gasteiger partial charge in [-0.05, 0) is 67.7 Å². The largest absolute Gasteiger partial charge is 0.305 e. The third-order valence-corrected chi connectivity index (χ3v) is 12.0. The summed E-state index contributed by atoms with van der Waals surface area (Å²) in [6.45, 7) is 18.5. The van der Waals surface area contributed by atoms with Crippen molar-refractivity contribution in [2.45, 2.75) is 66.6 Å². The normalized spacial score (nSPS) is 11.7. The molecule has 2 nitrogen and oxygen atoms in total. The number of thiophene rings is 1. The first-order chi connectivity index (χ1) is 23.4. The van der Waals surface area contributed by atoms with Gasteiger partial charge in [0.15, 0.2) is 0 Å². The minimum atomic E-state index is -1.37. The Balaban J connectivity index is 0.000000199. The van der Waals surface area contributed by atoms with Crippen LogP contribution in [0.25, 0.3) is 53.8 Å². The van der Waals surface area contributed by atoms with Crippen LogP contribution in [0.15, 0.2) is 116 Å². The summed E-state index contributed by atoms with van der Waals surface area (Å²) in [4.78, 5) is 9.38. The molecule has 0 saturated heterocycles. The van der Waals surface area contributed by atoms with E-state index in [-0.39, 0.29) is 25.5 Å². The number of pyridine rings is 2. The number of hydrogen-bond donors (Lipinski definition) is 0. The number of nitrogens with zero attached hydrogens (tertiary/aromatic N) is 2. The molecule has 0 bridgehead atoms. The summed E-state index contributed by atoms with van der Waals surface area (Å²) in [5.41, 5.74) is 9.81. The molecule has 0 aliphatic heterocycles. The van der Waals surface area contributed by atoms with Crippen LogP contribution in [-0.2, 0) is 26.5 Å². The van der Waals surface area contributed by atoms with E-state index in [1.807, 2.05) is 41.8 Å². The van der Waals surface area contributed by atoms with Gasteiger partial charge in [-0.1, -0.05) is 125 Å². The fourth-order valence-corrected chi connectivity index (χ4v) is 9.18. The van der Waals surface area contributed by atoms with Crippen molar-refractivity contribution in [2.24, 2.45) is 5.41 Å². The molecule has 257 valence electrons. The van der Waals surface area contributed by atoms with E-state index in [1.54, 1.807) is 0 Å². The van der Waals surface area contributed by atoms with Crippen LogP contribution in [0.1, 0.15) is 51.7 Å². The van der Waals surface area contributed by atoms with Crippen molar-refractivity contribution in [3.8, 4) is 33.6 Å². The summed E-state index contributed by atoms with van der Waals surface area (Å²) in [7, 11) is -1.37. The summed E-state index contributed by atoms with van der Waals surface area (Å²) in [5.74, 6) is 0.480. The molecule has 4 aromatic carbocycles. The van der Waals surface area contributed by atoms with Gasteiger partial charge in [0.05, 0.1) is 8.07 Å². The molecule has 5 heteroatoms. The monoisotopic (exact) mass is 867 g/mol. The number of hydrogen-bond acceptors (Lipinski definition) is 3. The van der Waals surface area contributed by atoms with Crippen molar-refractivity contribution in [1.29, 1.82) is 0 Å². The number of rotatable bonds is 6. The minimum Gasteiger partial charge on any atom is -0.305 e. The molecule has 0 saturated carbocycles. The third kappa shape index (κ3) is 8.58. The van der Waals surface area contributed by atoms with Gasteiger partial charge >= 0.3 is 0 Å². The van der Waals surface area contributed by atoms with Crippen LogP contribution >= 0.6 is 11.3 Å². The summed E-state index contributed by atoms with van der Waals surface area (Å²) < 4.78 is 2.56. The second-order valence-corrected chi connectivity index (χ2v) is 21.5. The Bertz CT molecular complexity index is 2190. The fraction of sp³-hybridized carbons (Fsp3) is 0.244. The molecule has 3 aromatic heterocycles. The summed E-state index contributed by atoms with van der Waals surface area (Å²) >= 11 is 1.83. The quantitative estimate of drug-likeness (QED) is 0.123. The third-order valence-electron chi connectivity index (χ3n) is 8.75. The Morgan fingerprint density at radius 1 is 0.780 bits per heavy atom. The van der Waals surface area contributed by atoms with Crippen molar-refractivity contribution < 1.29 is 20.1 Å². The molecule has 0 fully saturated rings. The molecule has 50 heavy (non-hydrogen) atoms. The number of fused-ring (bicyclic) bond motifs is 3. The Hall–Kier alpha value is -3.73. The van der Waals surface area contributed by atoms with Gasteiger partial charge in [0.25, 0.3) is 0 Å². The van der Waals surface area contributed by atoms with Crippen LogP contribution in [0.3, 0.4) is 0 Å². The SMILES string of the molecule is CC(C)(C)Cc1cc(-c2[c-]cccc2)ncc1[Si](C)(C)C.CC(C)c1ccnc(-c2[c-]ccc3c2sc2cccc(-c4ccccc4)c23)c1.[Ir]. The van der Waals surface area contributed by atoms with E-state index in [4.69, 9.17) is 4.98 Å². The molecule has 7 rings (SSSR count). The molecular formula is C45H46IrN2SSi-2. The van der Waals surface area contributed by atoms with E-state index in [9.17, 15) is 0 Å². The van der Waals surface area contributed by atoms with Gasteiger partial charge in [-0.2, -0.15) is 11.3 Å². The molecule has 3 heterocycles. The van der Waals surface area contributed by atoms with Crippen molar-refractivity contribution >= 4 is 44.8 Å². The molecular weight excluding hydrogens is 821 g/mol. The molecule has 0 unspecified atom stereocenters. The number of benzene rings is 4. The maximum absolute atomic E-state index is 4.71. The van der Waals surface area contributed by atoms with E-state index in [2.05, 4.69) is 156 Å². The molecule has 0 spiro atoms. The Morgan fingerprint density at radius 3 is 2.22 bits per heavy atom. The Morgan fingerprint density at radius 2 is 1.54 bits per heavy atom. The summed E-state index contributed by atoms with van der Waals surface area (Å²) in [5, 5.41) is 4.09. The maximum Gasteiger partial charge on any atom is 0.0798 e. The van der Waals surface area contributed by atoms with E-state index in [0.29, 0.717) is 5.92 Å². The second kappa shape index (κ2) is 15.7. The van der Waals surface area contributed by atoms with E-state index in [0.717, 1.165) is 28.9 Å². The average molecular weight is 867 g/mol. The molecule has 0 N–H and O–H groups in total. The molecule has 0 aliphatic carbocycles. The first-order valence-corrected chi connectivity index (χ1v) is 21.5. The van der Waals surface area contributed by atoms with E-state index < -0.39 is 8.07 Å². The molecule has 7 aromatic rings. The van der Waals surface area contributed by atoms with Crippen molar-refractivity contribution in [3.63, 3.8) is 0 Å². The zero-order valence-electron chi connectivity index (χ0n) is 30.4. The van der Waals surface area contributed by atoms with Gasteiger partial charge < -0.3 is 9.97 Å². The molecule has 0 atom stereocenters. The molecule has 0 amide bonds. The van der Waals surface area contributed by atoms with Crippen LogP contribution in [0, 0.1) is 17.5 Å². The van der Waals surface area contributed by atoms with Crippen LogP contribution in [-0.4, -0.2) is 18.0 Å². The zero-order valence-corrected chi connectivity index (χ0v) is 34.6. The zero-order chi connectivity index (χ0) is 34.8. The minimum absolute atomic E-state index is 0.